The zero-order chi connectivity index (χ0) is 11.4. The van der Waals surface area contributed by atoms with Crippen LogP contribution >= 0.6 is 15.9 Å². The predicted octanol–water partition coefficient (Wildman–Crippen LogP) is 3.01. The van der Waals surface area contributed by atoms with Crippen molar-refractivity contribution in [2.75, 3.05) is 6.61 Å². The lowest BCUT2D eigenvalue weighted by Gasteiger charge is -2.21. The summed E-state index contributed by atoms with van der Waals surface area (Å²) in [7, 11) is 0. The Morgan fingerprint density at radius 2 is 1.88 bits per heavy atom. The van der Waals surface area contributed by atoms with Gasteiger partial charge in [0.25, 0.3) is 0 Å². The van der Waals surface area contributed by atoms with Crippen LogP contribution in [0.25, 0.3) is 0 Å². The molecule has 0 spiro atoms. The third kappa shape index (κ3) is 3.06. The topological polar surface area (TPSA) is 32.3 Å². The van der Waals surface area contributed by atoms with Gasteiger partial charge in [0.05, 0.1) is 12.6 Å². The van der Waals surface area contributed by atoms with E-state index in [1.54, 1.807) is 0 Å². The fraction of sp³-hybridized carbons (Fsp3) is 0.538. The molecule has 88 valence electrons. The molecular formula is C13H18BrNO. The third-order valence-electron chi connectivity index (χ3n) is 3.25. The standard InChI is InChI=1S/C13H18BrNO/c14-11-7-5-10(6-8-11)13(9-16)15-12-3-1-2-4-12/h5-8,12-13,15-16H,1-4,9H2. The first-order valence-corrected chi connectivity index (χ1v) is 6.71. The summed E-state index contributed by atoms with van der Waals surface area (Å²) in [6, 6.07) is 8.83. The summed E-state index contributed by atoms with van der Waals surface area (Å²) < 4.78 is 1.08. The Morgan fingerprint density at radius 1 is 1.25 bits per heavy atom. The minimum absolute atomic E-state index is 0.0798. The highest BCUT2D eigenvalue weighted by Crippen LogP contribution is 2.22. The summed E-state index contributed by atoms with van der Waals surface area (Å²) in [5.41, 5.74) is 1.16. The van der Waals surface area contributed by atoms with Crippen molar-refractivity contribution in [1.82, 2.24) is 5.32 Å². The van der Waals surface area contributed by atoms with Crippen LogP contribution in [0.4, 0.5) is 0 Å². The Labute approximate surface area is 105 Å². The van der Waals surface area contributed by atoms with E-state index >= 15 is 0 Å². The van der Waals surface area contributed by atoms with Gasteiger partial charge in [0.15, 0.2) is 0 Å². The molecule has 1 atom stereocenters. The predicted molar refractivity (Wildman–Crippen MR) is 69.4 cm³/mol. The van der Waals surface area contributed by atoms with E-state index in [1.165, 1.54) is 25.7 Å². The van der Waals surface area contributed by atoms with Crippen LogP contribution < -0.4 is 5.32 Å². The number of aliphatic hydroxyl groups is 1. The van der Waals surface area contributed by atoms with Crippen LogP contribution in [-0.4, -0.2) is 17.8 Å². The van der Waals surface area contributed by atoms with Crippen molar-refractivity contribution in [1.29, 1.82) is 0 Å². The fourth-order valence-corrected chi connectivity index (χ4v) is 2.59. The van der Waals surface area contributed by atoms with E-state index in [4.69, 9.17) is 0 Å². The second kappa shape index (κ2) is 5.80. The van der Waals surface area contributed by atoms with Crippen molar-refractivity contribution in [3.63, 3.8) is 0 Å². The quantitative estimate of drug-likeness (QED) is 0.890. The van der Waals surface area contributed by atoms with E-state index in [2.05, 4.69) is 33.4 Å². The number of hydrogen-bond donors (Lipinski definition) is 2. The molecule has 1 unspecified atom stereocenters. The van der Waals surface area contributed by atoms with Crippen molar-refractivity contribution >= 4 is 15.9 Å². The van der Waals surface area contributed by atoms with Crippen molar-refractivity contribution < 1.29 is 5.11 Å². The maximum atomic E-state index is 9.43. The number of rotatable bonds is 4. The van der Waals surface area contributed by atoms with E-state index in [0.29, 0.717) is 6.04 Å². The average Bonchev–Trinajstić information content (AvgIpc) is 2.80. The van der Waals surface area contributed by atoms with Gasteiger partial charge in [0, 0.05) is 10.5 Å². The van der Waals surface area contributed by atoms with Crippen LogP contribution in [0.1, 0.15) is 37.3 Å². The molecule has 2 N–H and O–H groups in total. The summed E-state index contributed by atoms with van der Waals surface area (Å²) >= 11 is 3.42. The number of benzene rings is 1. The molecular weight excluding hydrogens is 266 g/mol. The first kappa shape index (κ1) is 12.1. The summed E-state index contributed by atoms with van der Waals surface area (Å²) in [4.78, 5) is 0. The average molecular weight is 284 g/mol. The second-order valence-electron chi connectivity index (χ2n) is 4.43. The Balaban J connectivity index is 2.00. The van der Waals surface area contributed by atoms with Crippen molar-refractivity contribution in [3.8, 4) is 0 Å². The first-order chi connectivity index (χ1) is 7.79. The van der Waals surface area contributed by atoms with Gasteiger partial charge in [-0.15, -0.1) is 0 Å². The van der Waals surface area contributed by atoms with E-state index in [1.807, 2.05) is 12.1 Å². The van der Waals surface area contributed by atoms with Crippen molar-refractivity contribution in [2.45, 2.75) is 37.8 Å². The largest absolute Gasteiger partial charge is 0.394 e. The SMILES string of the molecule is OCC(NC1CCCC1)c1ccc(Br)cc1. The van der Waals surface area contributed by atoms with E-state index in [9.17, 15) is 5.11 Å². The Kier molecular flexibility index (Phi) is 4.38. The molecule has 1 fully saturated rings. The molecule has 1 saturated carbocycles. The molecule has 3 heteroatoms. The summed E-state index contributed by atoms with van der Waals surface area (Å²) in [5, 5.41) is 13.0. The van der Waals surface area contributed by atoms with Crippen LogP contribution in [0.3, 0.4) is 0 Å². The van der Waals surface area contributed by atoms with Crippen LogP contribution in [0, 0.1) is 0 Å². The highest BCUT2D eigenvalue weighted by atomic mass is 79.9. The lowest BCUT2D eigenvalue weighted by atomic mass is 10.1. The number of hydrogen-bond acceptors (Lipinski definition) is 2. The summed E-state index contributed by atoms with van der Waals surface area (Å²) in [6.45, 7) is 0.165. The minimum atomic E-state index is 0.0798. The highest BCUT2D eigenvalue weighted by Gasteiger charge is 2.19. The van der Waals surface area contributed by atoms with Gasteiger partial charge in [-0.1, -0.05) is 40.9 Å². The van der Waals surface area contributed by atoms with Crippen LogP contribution in [0.15, 0.2) is 28.7 Å². The third-order valence-corrected chi connectivity index (χ3v) is 3.78. The zero-order valence-electron chi connectivity index (χ0n) is 9.32. The van der Waals surface area contributed by atoms with Gasteiger partial charge in [-0.25, -0.2) is 0 Å². The highest BCUT2D eigenvalue weighted by molar-refractivity contribution is 9.10. The van der Waals surface area contributed by atoms with Gasteiger partial charge in [-0.2, -0.15) is 0 Å². The Bertz CT molecular complexity index is 319. The van der Waals surface area contributed by atoms with Gasteiger partial charge in [0.2, 0.25) is 0 Å². The fourth-order valence-electron chi connectivity index (χ4n) is 2.33. The van der Waals surface area contributed by atoms with Crippen LogP contribution in [0.2, 0.25) is 0 Å². The molecule has 0 aromatic heterocycles. The molecule has 0 saturated heterocycles. The Hall–Kier alpha value is -0.380. The summed E-state index contributed by atoms with van der Waals surface area (Å²) in [5.74, 6) is 0. The van der Waals surface area contributed by atoms with Gasteiger partial charge in [-0.05, 0) is 30.5 Å². The number of halogens is 1. The monoisotopic (exact) mass is 283 g/mol. The van der Waals surface area contributed by atoms with E-state index < -0.39 is 0 Å². The molecule has 0 amide bonds. The molecule has 2 nitrogen and oxygen atoms in total. The number of nitrogens with one attached hydrogen (secondary N) is 1. The van der Waals surface area contributed by atoms with Crippen molar-refractivity contribution in [2.24, 2.45) is 0 Å². The van der Waals surface area contributed by atoms with Crippen LogP contribution in [0.5, 0.6) is 0 Å². The zero-order valence-corrected chi connectivity index (χ0v) is 10.9. The molecule has 0 aliphatic heterocycles. The first-order valence-electron chi connectivity index (χ1n) is 5.92. The molecule has 16 heavy (non-hydrogen) atoms. The lowest BCUT2D eigenvalue weighted by Crippen LogP contribution is -2.32. The van der Waals surface area contributed by atoms with Crippen LogP contribution in [-0.2, 0) is 0 Å². The molecule has 2 rings (SSSR count). The van der Waals surface area contributed by atoms with Gasteiger partial charge >= 0.3 is 0 Å². The normalized spacial score (nSPS) is 18.9. The maximum absolute atomic E-state index is 9.43. The molecule has 0 heterocycles. The lowest BCUT2D eigenvalue weighted by molar-refractivity contribution is 0.233. The van der Waals surface area contributed by atoms with Crippen molar-refractivity contribution in [3.05, 3.63) is 34.3 Å². The van der Waals surface area contributed by atoms with E-state index in [0.717, 1.165) is 10.0 Å². The molecule has 1 aliphatic rings. The molecule has 1 aromatic rings. The van der Waals surface area contributed by atoms with Gasteiger partial charge in [0.1, 0.15) is 0 Å². The molecule has 1 aromatic carbocycles. The van der Waals surface area contributed by atoms with Gasteiger partial charge < -0.3 is 10.4 Å². The second-order valence-corrected chi connectivity index (χ2v) is 5.35. The molecule has 0 radical (unpaired) electrons. The molecule has 1 aliphatic carbocycles. The van der Waals surface area contributed by atoms with Gasteiger partial charge in [-0.3, -0.25) is 0 Å². The molecule has 0 bridgehead atoms. The minimum Gasteiger partial charge on any atom is -0.394 e. The maximum Gasteiger partial charge on any atom is 0.0626 e. The number of aliphatic hydroxyl groups excluding tert-OH is 1. The summed E-state index contributed by atoms with van der Waals surface area (Å²) in [6.07, 6.45) is 5.12. The Morgan fingerprint density at radius 3 is 2.44 bits per heavy atom. The smallest absolute Gasteiger partial charge is 0.0626 e. The van der Waals surface area contributed by atoms with E-state index in [-0.39, 0.29) is 12.6 Å².